The second kappa shape index (κ2) is 5.55. The van der Waals surface area contributed by atoms with E-state index in [4.69, 9.17) is 4.74 Å². The van der Waals surface area contributed by atoms with Gasteiger partial charge in [0.1, 0.15) is 5.92 Å². The molecule has 0 spiro atoms. The van der Waals surface area contributed by atoms with Crippen LogP contribution in [0, 0.1) is 11.8 Å². The highest BCUT2D eigenvalue weighted by atomic mass is 16.5. The largest absolute Gasteiger partial charge is 0.481 e. The number of benzene rings is 1. The fourth-order valence-corrected chi connectivity index (χ4v) is 3.02. The van der Waals surface area contributed by atoms with Gasteiger partial charge in [0.25, 0.3) is 0 Å². The molecule has 3 N–H and O–H groups in total. The molecule has 0 saturated carbocycles. The van der Waals surface area contributed by atoms with E-state index >= 15 is 0 Å². The standard InChI is InChI=1S/C16H17NO5/c1-8(18)9-3-2-4-10(7-9)17-15(19)13-11-5-6-12(22-11)14(13)16(20)21/h2-8,11-14,18H,1H3,(H,17,19)(H,20,21). The molecule has 1 saturated heterocycles. The molecule has 6 heteroatoms. The van der Waals surface area contributed by atoms with Crippen molar-refractivity contribution < 1.29 is 24.5 Å². The molecule has 22 heavy (non-hydrogen) atoms. The first-order chi connectivity index (χ1) is 10.5. The summed E-state index contributed by atoms with van der Waals surface area (Å²) < 4.78 is 5.49. The zero-order chi connectivity index (χ0) is 15.9. The summed E-state index contributed by atoms with van der Waals surface area (Å²) in [5.41, 5.74) is 1.20. The normalized spacial score (nSPS) is 30.3. The number of amides is 1. The number of aliphatic hydroxyl groups excluding tert-OH is 1. The molecule has 0 aromatic heterocycles. The minimum Gasteiger partial charge on any atom is -0.481 e. The van der Waals surface area contributed by atoms with Crippen LogP contribution in [0.5, 0.6) is 0 Å². The van der Waals surface area contributed by atoms with Crippen molar-refractivity contribution in [3.63, 3.8) is 0 Å². The number of nitrogens with one attached hydrogen (secondary N) is 1. The Morgan fingerprint density at radius 3 is 2.55 bits per heavy atom. The third-order valence-electron chi connectivity index (χ3n) is 4.12. The van der Waals surface area contributed by atoms with Crippen LogP contribution in [0.2, 0.25) is 0 Å². The van der Waals surface area contributed by atoms with Crippen LogP contribution in [-0.4, -0.2) is 34.3 Å². The zero-order valence-corrected chi connectivity index (χ0v) is 12.0. The van der Waals surface area contributed by atoms with Crippen molar-refractivity contribution in [2.24, 2.45) is 11.8 Å². The molecule has 116 valence electrons. The fraction of sp³-hybridized carbons (Fsp3) is 0.375. The average molecular weight is 303 g/mol. The van der Waals surface area contributed by atoms with E-state index in [-0.39, 0.29) is 5.91 Å². The number of ether oxygens (including phenoxy) is 1. The van der Waals surface area contributed by atoms with Crippen molar-refractivity contribution in [3.8, 4) is 0 Å². The maximum absolute atomic E-state index is 12.4. The molecular formula is C16H17NO5. The molecule has 1 amide bonds. The Hall–Kier alpha value is -2.18. The third kappa shape index (κ3) is 2.51. The van der Waals surface area contributed by atoms with Crippen LogP contribution in [0.4, 0.5) is 5.69 Å². The molecule has 6 nitrogen and oxygen atoms in total. The number of carbonyl (C=O) groups excluding carboxylic acids is 1. The summed E-state index contributed by atoms with van der Waals surface area (Å²) in [6, 6.07) is 6.85. The van der Waals surface area contributed by atoms with E-state index in [9.17, 15) is 19.8 Å². The molecule has 1 fully saturated rings. The Kier molecular flexibility index (Phi) is 3.72. The predicted octanol–water partition coefficient (Wildman–Crippen LogP) is 1.33. The number of anilines is 1. The summed E-state index contributed by atoms with van der Waals surface area (Å²) in [6.07, 6.45) is 1.76. The first kappa shape index (κ1) is 14.7. The van der Waals surface area contributed by atoms with E-state index in [1.807, 2.05) is 0 Å². The maximum atomic E-state index is 12.4. The Labute approximate surface area is 127 Å². The molecule has 2 bridgehead atoms. The topological polar surface area (TPSA) is 95.9 Å². The highest BCUT2D eigenvalue weighted by Gasteiger charge is 2.53. The number of carboxylic acids is 1. The molecule has 5 unspecified atom stereocenters. The van der Waals surface area contributed by atoms with Gasteiger partial charge in [-0.15, -0.1) is 0 Å². The predicted molar refractivity (Wildman–Crippen MR) is 78.1 cm³/mol. The van der Waals surface area contributed by atoms with Gasteiger partial charge in [-0.25, -0.2) is 0 Å². The lowest BCUT2D eigenvalue weighted by Gasteiger charge is -2.21. The summed E-state index contributed by atoms with van der Waals surface area (Å²) in [4.78, 5) is 23.8. The molecular weight excluding hydrogens is 286 g/mol. The molecule has 0 aliphatic carbocycles. The van der Waals surface area contributed by atoms with Crippen molar-refractivity contribution in [1.82, 2.24) is 0 Å². The Morgan fingerprint density at radius 1 is 1.23 bits per heavy atom. The van der Waals surface area contributed by atoms with E-state index in [0.29, 0.717) is 11.3 Å². The SMILES string of the molecule is CC(O)c1cccc(NC(=O)C2C3C=CC(O3)C2C(=O)O)c1. The van der Waals surface area contributed by atoms with Gasteiger partial charge >= 0.3 is 5.97 Å². The molecule has 0 radical (unpaired) electrons. The monoisotopic (exact) mass is 303 g/mol. The molecule has 2 aliphatic rings. The lowest BCUT2D eigenvalue weighted by Crippen LogP contribution is -2.39. The zero-order valence-electron chi connectivity index (χ0n) is 12.0. The van der Waals surface area contributed by atoms with Crippen LogP contribution in [-0.2, 0) is 14.3 Å². The smallest absolute Gasteiger partial charge is 0.310 e. The second-order valence-corrected chi connectivity index (χ2v) is 5.63. The summed E-state index contributed by atoms with van der Waals surface area (Å²) in [5.74, 6) is -3.03. The van der Waals surface area contributed by atoms with Gasteiger partial charge in [-0.1, -0.05) is 24.3 Å². The quantitative estimate of drug-likeness (QED) is 0.729. The lowest BCUT2D eigenvalue weighted by molar-refractivity contribution is -0.145. The highest BCUT2D eigenvalue weighted by Crippen LogP contribution is 2.39. The highest BCUT2D eigenvalue weighted by molar-refractivity contribution is 5.96. The maximum Gasteiger partial charge on any atom is 0.310 e. The van der Waals surface area contributed by atoms with E-state index in [1.54, 1.807) is 43.3 Å². The van der Waals surface area contributed by atoms with Crippen molar-refractivity contribution in [1.29, 1.82) is 0 Å². The van der Waals surface area contributed by atoms with Crippen molar-refractivity contribution in [3.05, 3.63) is 42.0 Å². The number of carboxylic acid groups (broad SMARTS) is 1. The number of aliphatic hydroxyl groups is 1. The molecule has 2 aliphatic heterocycles. The molecule has 1 aromatic rings. The van der Waals surface area contributed by atoms with E-state index in [1.165, 1.54) is 0 Å². The van der Waals surface area contributed by atoms with Crippen LogP contribution < -0.4 is 5.32 Å². The van der Waals surface area contributed by atoms with Crippen molar-refractivity contribution in [2.45, 2.75) is 25.2 Å². The number of fused-ring (bicyclic) bond motifs is 2. The number of carbonyl (C=O) groups is 2. The van der Waals surface area contributed by atoms with Gasteiger partial charge in [0.05, 0.1) is 24.2 Å². The Bertz CT molecular complexity index is 639. The van der Waals surface area contributed by atoms with Gasteiger partial charge < -0.3 is 20.3 Å². The van der Waals surface area contributed by atoms with Gasteiger partial charge in [-0.3, -0.25) is 9.59 Å². The van der Waals surface area contributed by atoms with Crippen LogP contribution in [0.1, 0.15) is 18.6 Å². The lowest BCUT2D eigenvalue weighted by atomic mass is 9.82. The van der Waals surface area contributed by atoms with Gasteiger partial charge in [-0.2, -0.15) is 0 Å². The van der Waals surface area contributed by atoms with Crippen molar-refractivity contribution in [2.75, 3.05) is 5.32 Å². The summed E-state index contributed by atoms with van der Waals surface area (Å²) in [6.45, 7) is 1.63. The summed E-state index contributed by atoms with van der Waals surface area (Å²) in [7, 11) is 0. The van der Waals surface area contributed by atoms with Gasteiger partial charge in [-0.05, 0) is 24.6 Å². The number of hydrogen-bond acceptors (Lipinski definition) is 4. The van der Waals surface area contributed by atoms with Crippen molar-refractivity contribution >= 4 is 17.6 Å². The third-order valence-corrected chi connectivity index (χ3v) is 4.12. The molecule has 3 rings (SSSR count). The average Bonchev–Trinajstić information content (AvgIpc) is 3.07. The van der Waals surface area contributed by atoms with Gasteiger partial charge in [0, 0.05) is 5.69 Å². The fourth-order valence-electron chi connectivity index (χ4n) is 3.02. The first-order valence-electron chi connectivity index (χ1n) is 7.13. The van der Waals surface area contributed by atoms with Crippen LogP contribution in [0.25, 0.3) is 0 Å². The minimum atomic E-state index is -1.03. The second-order valence-electron chi connectivity index (χ2n) is 5.63. The van der Waals surface area contributed by atoms with E-state index in [2.05, 4.69) is 5.32 Å². The number of rotatable bonds is 4. The number of hydrogen-bond donors (Lipinski definition) is 3. The Balaban J connectivity index is 1.78. The van der Waals surface area contributed by atoms with Crippen LogP contribution in [0.3, 0.4) is 0 Å². The van der Waals surface area contributed by atoms with Gasteiger partial charge in [0.15, 0.2) is 0 Å². The summed E-state index contributed by atoms with van der Waals surface area (Å²) >= 11 is 0. The molecule has 1 aromatic carbocycles. The number of aliphatic carboxylic acids is 1. The van der Waals surface area contributed by atoms with E-state index in [0.717, 1.165) is 0 Å². The molecule has 5 atom stereocenters. The van der Waals surface area contributed by atoms with E-state index < -0.39 is 36.1 Å². The Morgan fingerprint density at radius 2 is 1.91 bits per heavy atom. The van der Waals surface area contributed by atoms with Crippen LogP contribution in [0.15, 0.2) is 36.4 Å². The van der Waals surface area contributed by atoms with Crippen LogP contribution >= 0.6 is 0 Å². The van der Waals surface area contributed by atoms with Gasteiger partial charge in [0.2, 0.25) is 5.91 Å². The minimum absolute atomic E-state index is 0.382. The summed E-state index contributed by atoms with van der Waals surface area (Å²) in [5, 5.41) is 21.6. The first-order valence-corrected chi connectivity index (χ1v) is 7.13. The molecule has 2 heterocycles.